The number of fused-ring (bicyclic) bond motifs is 1. The molecule has 1 saturated heterocycles. The van der Waals surface area contributed by atoms with Crippen molar-refractivity contribution >= 4 is 28.7 Å². The summed E-state index contributed by atoms with van der Waals surface area (Å²) in [6.45, 7) is 3.88. The molecule has 1 aliphatic rings. The van der Waals surface area contributed by atoms with Crippen LogP contribution < -0.4 is 16.0 Å². The third-order valence-electron chi connectivity index (χ3n) is 3.43. The predicted molar refractivity (Wildman–Crippen MR) is 79.1 cm³/mol. The fourth-order valence-electron chi connectivity index (χ4n) is 2.39. The summed E-state index contributed by atoms with van der Waals surface area (Å²) in [6, 6.07) is 5.31. The van der Waals surface area contributed by atoms with Crippen molar-refractivity contribution < 1.29 is 13.9 Å². The fourth-order valence-corrected chi connectivity index (χ4v) is 2.39. The Hall–Kier alpha value is -2.28. The summed E-state index contributed by atoms with van der Waals surface area (Å²) in [5.41, 5.74) is 7.70. The Kier molecular flexibility index (Phi) is 3.66. The summed E-state index contributed by atoms with van der Waals surface area (Å²) in [4.78, 5) is 18.4. The molecule has 3 N–H and O–H groups in total. The molecular formula is C14H18N4O3. The lowest BCUT2D eigenvalue weighted by Gasteiger charge is -2.33. The molecule has 0 spiro atoms. The molecule has 7 heteroatoms. The number of ether oxygens (including phenoxy) is 1. The second-order valence-electron chi connectivity index (χ2n) is 4.90. The third kappa shape index (κ3) is 2.64. The summed E-state index contributed by atoms with van der Waals surface area (Å²) >= 11 is 0. The van der Waals surface area contributed by atoms with Gasteiger partial charge in [0, 0.05) is 24.8 Å². The van der Waals surface area contributed by atoms with Crippen LogP contribution in [0.2, 0.25) is 0 Å². The summed E-state index contributed by atoms with van der Waals surface area (Å²) in [7, 11) is 0. The maximum Gasteiger partial charge on any atom is 0.299 e. The lowest BCUT2D eigenvalue weighted by molar-refractivity contribution is -0.124. The van der Waals surface area contributed by atoms with Crippen LogP contribution in [0, 0.1) is 0 Å². The van der Waals surface area contributed by atoms with Crippen molar-refractivity contribution in [2.24, 2.45) is 0 Å². The highest BCUT2D eigenvalue weighted by molar-refractivity contribution is 5.86. The number of amides is 1. The minimum Gasteiger partial charge on any atom is -0.423 e. The van der Waals surface area contributed by atoms with E-state index in [0.717, 1.165) is 5.52 Å². The lowest BCUT2D eigenvalue weighted by Crippen LogP contribution is -2.54. The Labute approximate surface area is 122 Å². The molecule has 0 radical (unpaired) electrons. The van der Waals surface area contributed by atoms with Crippen molar-refractivity contribution in [3.05, 3.63) is 18.2 Å². The second kappa shape index (κ2) is 5.61. The number of carbonyl (C=O) groups excluding carboxylic acids is 1. The van der Waals surface area contributed by atoms with Crippen molar-refractivity contribution in [2.75, 3.05) is 36.9 Å². The number of oxazole rings is 1. The molecule has 112 valence electrons. The van der Waals surface area contributed by atoms with Crippen LogP contribution in [-0.2, 0) is 9.53 Å². The molecule has 21 heavy (non-hydrogen) atoms. The number of hydrogen-bond donors (Lipinski definition) is 2. The molecular weight excluding hydrogens is 272 g/mol. The van der Waals surface area contributed by atoms with Gasteiger partial charge in [0.1, 0.15) is 11.6 Å². The van der Waals surface area contributed by atoms with Crippen LogP contribution in [0.15, 0.2) is 22.6 Å². The predicted octanol–water partition coefficient (Wildman–Crippen LogP) is 0.751. The van der Waals surface area contributed by atoms with E-state index >= 15 is 0 Å². The molecule has 1 atom stereocenters. The number of nitrogens with two attached hydrogens (primary N) is 1. The monoisotopic (exact) mass is 290 g/mol. The van der Waals surface area contributed by atoms with Gasteiger partial charge in [-0.1, -0.05) is 0 Å². The molecule has 2 aromatic rings. The largest absolute Gasteiger partial charge is 0.423 e. The highest BCUT2D eigenvalue weighted by atomic mass is 16.5. The van der Waals surface area contributed by atoms with E-state index in [1.165, 1.54) is 0 Å². The van der Waals surface area contributed by atoms with Crippen LogP contribution in [0.4, 0.5) is 11.7 Å². The van der Waals surface area contributed by atoms with Gasteiger partial charge in [0.2, 0.25) is 5.91 Å². The molecule has 1 amide bonds. The second-order valence-corrected chi connectivity index (χ2v) is 4.90. The quantitative estimate of drug-likeness (QED) is 0.810. The van der Waals surface area contributed by atoms with Gasteiger partial charge in [-0.25, -0.2) is 0 Å². The first-order valence-corrected chi connectivity index (χ1v) is 6.97. The van der Waals surface area contributed by atoms with E-state index in [9.17, 15) is 4.79 Å². The van der Waals surface area contributed by atoms with Crippen LogP contribution in [0.1, 0.15) is 6.92 Å². The Morgan fingerprint density at radius 2 is 2.43 bits per heavy atom. The van der Waals surface area contributed by atoms with Gasteiger partial charge in [-0.15, -0.1) is 0 Å². The first kappa shape index (κ1) is 13.7. The average Bonchev–Trinajstić information content (AvgIpc) is 2.90. The summed E-state index contributed by atoms with van der Waals surface area (Å²) in [6.07, 6.45) is 0. The number of carbonyl (C=O) groups is 1. The van der Waals surface area contributed by atoms with E-state index in [2.05, 4.69) is 10.3 Å². The standard InChI is InChI=1S/C14H18N4O3/c1-2-16-13(19)11-8-20-6-5-18(11)14-17-10-4-3-9(15)7-12(10)21-14/h3-4,7,11H,2,5-6,8,15H2,1H3,(H,16,19). The molecule has 2 heterocycles. The molecule has 1 unspecified atom stereocenters. The van der Waals surface area contributed by atoms with Crippen molar-refractivity contribution in [3.8, 4) is 0 Å². The Morgan fingerprint density at radius 1 is 1.57 bits per heavy atom. The van der Waals surface area contributed by atoms with E-state index in [-0.39, 0.29) is 5.91 Å². The van der Waals surface area contributed by atoms with Crippen molar-refractivity contribution in [1.82, 2.24) is 10.3 Å². The van der Waals surface area contributed by atoms with Gasteiger partial charge in [0.15, 0.2) is 5.58 Å². The third-order valence-corrected chi connectivity index (χ3v) is 3.43. The van der Waals surface area contributed by atoms with Crippen molar-refractivity contribution in [1.29, 1.82) is 0 Å². The Balaban J connectivity index is 1.92. The number of benzene rings is 1. The summed E-state index contributed by atoms with van der Waals surface area (Å²) in [5.74, 6) is -0.0843. The summed E-state index contributed by atoms with van der Waals surface area (Å²) < 4.78 is 11.1. The van der Waals surface area contributed by atoms with Crippen LogP contribution in [-0.4, -0.2) is 43.2 Å². The van der Waals surface area contributed by atoms with Gasteiger partial charge in [-0.2, -0.15) is 4.98 Å². The zero-order valence-electron chi connectivity index (χ0n) is 11.8. The Morgan fingerprint density at radius 3 is 3.24 bits per heavy atom. The van der Waals surface area contributed by atoms with Gasteiger partial charge in [0.25, 0.3) is 6.01 Å². The van der Waals surface area contributed by atoms with E-state index in [1.807, 2.05) is 11.8 Å². The highest BCUT2D eigenvalue weighted by Crippen LogP contribution is 2.26. The average molecular weight is 290 g/mol. The number of nitrogen functional groups attached to an aromatic ring is 1. The van der Waals surface area contributed by atoms with Crippen LogP contribution in [0.25, 0.3) is 11.1 Å². The zero-order chi connectivity index (χ0) is 14.8. The minimum absolute atomic E-state index is 0.0843. The van der Waals surface area contributed by atoms with Crippen LogP contribution in [0.3, 0.4) is 0 Å². The summed E-state index contributed by atoms with van der Waals surface area (Å²) in [5, 5.41) is 2.81. The van der Waals surface area contributed by atoms with Crippen molar-refractivity contribution in [3.63, 3.8) is 0 Å². The number of morpholine rings is 1. The fraction of sp³-hybridized carbons (Fsp3) is 0.429. The first-order chi connectivity index (χ1) is 10.2. The molecule has 0 bridgehead atoms. The number of anilines is 2. The minimum atomic E-state index is -0.427. The van der Waals surface area contributed by atoms with E-state index in [1.54, 1.807) is 18.2 Å². The molecule has 1 aliphatic heterocycles. The normalized spacial score (nSPS) is 18.9. The Bertz CT molecular complexity index is 655. The maximum absolute atomic E-state index is 12.1. The van der Waals surface area contributed by atoms with Gasteiger partial charge in [0.05, 0.1) is 13.2 Å². The topological polar surface area (TPSA) is 93.6 Å². The molecule has 3 rings (SSSR count). The van der Waals surface area contributed by atoms with Gasteiger partial charge in [-0.3, -0.25) is 4.79 Å². The van der Waals surface area contributed by atoms with Crippen LogP contribution in [0.5, 0.6) is 0 Å². The number of hydrogen-bond acceptors (Lipinski definition) is 6. The zero-order valence-corrected chi connectivity index (χ0v) is 11.8. The lowest BCUT2D eigenvalue weighted by atomic mass is 10.2. The highest BCUT2D eigenvalue weighted by Gasteiger charge is 2.32. The number of aromatic nitrogens is 1. The van der Waals surface area contributed by atoms with Gasteiger partial charge in [-0.05, 0) is 19.1 Å². The molecule has 1 aromatic heterocycles. The first-order valence-electron chi connectivity index (χ1n) is 6.97. The number of rotatable bonds is 3. The van der Waals surface area contributed by atoms with E-state index in [4.69, 9.17) is 14.9 Å². The number of nitrogens with one attached hydrogen (secondary N) is 1. The molecule has 0 aliphatic carbocycles. The SMILES string of the molecule is CCNC(=O)C1COCCN1c1nc2ccc(N)cc2o1. The molecule has 1 fully saturated rings. The van der Waals surface area contributed by atoms with Crippen molar-refractivity contribution in [2.45, 2.75) is 13.0 Å². The molecule has 7 nitrogen and oxygen atoms in total. The van der Waals surface area contributed by atoms with E-state index in [0.29, 0.717) is 43.6 Å². The molecule has 0 saturated carbocycles. The number of nitrogens with zero attached hydrogens (tertiary/aromatic N) is 2. The number of likely N-dealkylation sites (N-methyl/N-ethyl adjacent to an activating group) is 1. The smallest absolute Gasteiger partial charge is 0.299 e. The maximum atomic E-state index is 12.1. The van der Waals surface area contributed by atoms with Gasteiger partial charge < -0.3 is 25.1 Å². The van der Waals surface area contributed by atoms with E-state index < -0.39 is 6.04 Å². The van der Waals surface area contributed by atoms with Crippen LogP contribution >= 0.6 is 0 Å². The van der Waals surface area contributed by atoms with Gasteiger partial charge >= 0.3 is 0 Å². The molecule has 1 aromatic carbocycles.